The molecule has 0 spiro atoms. The molecule has 224 valence electrons. The molecule has 0 aliphatic carbocycles. The molecule has 0 saturated carbocycles. The monoisotopic (exact) mass is 603 g/mol. The molecule has 2 aromatic carbocycles. The fourth-order valence-corrected chi connectivity index (χ4v) is 5.01. The van der Waals surface area contributed by atoms with Crippen molar-refractivity contribution >= 4 is 44.9 Å². The Balaban J connectivity index is 1.51. The molecule has 0 fully saturated rings. The summed E-state index contributed by atoms with van der Waals surface area (Å²) in [6.45, 7) is 3.51. The van der Waals surface area contributed by atoms with Crippen LogP contribution in [0, 0.1) is 0 Å². The van der Waals surface area contributed by atoms with Crippen molar-refractivity contribution in [2.45, 2.75) is 31.2 Å². The summed E-state index contributed by atoms with van der Waals surface area (Å²) in [6.07, 6.45) is 5.70. The average Bonchev–Trinajstić information content (AvgIpc) is 2.98. The molecule has 0 aliphatic rings. The highest BCUT2D eigenvalue weighted by molar-refractivity contribution is 7.93. The number of amides is 2. The summed E-state index contributed by atoms with van der Waals surface area (Å²) in [5.41, 5.74) is 3.64. The quantitative estimate of drug-likeness (QED) is 0.186. The lowest BCUT2D eigenvalue weighted by Crippen LogP contribution is -2.21. The molecule has 2 atom stereocenters. The van der Waals surface area contributed by atoms with Crippen LogP contribution in [0.2, 0.25) is 0 Å². The van der Waals surface area contributed by atoms with Crippen molar-refractivity contribution < 1.29 is 23.6 Å². The summed E-state index contributed by atoms with van der Waals surface area (Å²) in [5, 5.41) is 18.9. The van der Waals surface area contributed by atoms with Crippen molar-refractivity contribution in [1.29, 1.82) is 0 Å². The van der Waals surface area contributed by atoms with E-state index in [0.29, 0.717) is 27.7 Å². The Morgan fingerprint density at radius 2 is 1.70 bits per heavy atom. The lowest BCUT2D eigenvalue weighted by Gasteiger charge is -2.17. The number of ether oxygens (including phenoxy) is 1. The molecule has 2 amide bonds. The lowest BCUT2D eigenvalue weighted by atomic mass is 10.1. The maximum Gasteiger partial charge on any atom is 0.442 e. The number of nitrogens with zero attached hydrogens (tertiary/aromatic N) is 4. The summed E-state index contributed by atoms with van der Waals surface area (Å²) >= 11 is 0. The van der Waals surface area contributed by atoms with E-state index in [4.69, 9.17) is 4.74 Å². The molecule has 0 aliphatic heterocycles. The Kier molecular flexibility index (Phi) is 10.4. The molecule has 0 radical (unpaired) electrons. The fourth-order valence-electron chi connectivity index (χ4n) is 3.93. The van der Waals surface area contributed by atoms with Crippen LogP contribution in [0.5, 0.6) is 0 Å². The van der Waals surface area contributed by atoms with Crippen LogP contribution in [-0.4, -0.2) is 61.8 Å². The highest BCUT2D eigenvalue weighted by atomic mass is 32.2. The molecule has 12 nitrogen and oxygen atoms in total. The second-order valence-corrected chi connectivity index (χ2v) is 11.8. The van der Waals surface area contributed by atoms with E-state index in [9.17, 15) is 18.9 Å². The molecule has 2 unspecified atom stereocenters. The van der Waals surface area contributed by atoms with Gasteiger partial charge in [0.05, 0.1) is 29.4 Å². The van der Waals surface area contributed by atoms with Crippen molar-refractivity contribution in [3.05, 3.63) is 84.8 Å². The number of carbonyl (C=O) groups excluding carboxylic acids is 2. The van der Waals surface area contributed by atoms with Gasteiger partial charge in [-0.3, -0.25) is 9.78 Å². The van der Waals surface area contributed by atoms with E-state index in [0.717, 1.165) is 11.1 Å². The molecule has 2 heterocycles. The van der Waals surface area contributed by atoms with Gasteiger partial charge in [-0.2, -0.15) is 4.98 Å². The Morgan fingerprint density at radius 1 is 1.02 bits per heavy atom. The van der Waals surface area contributed by atoms with E-state index in [1.807, 2.05) is 19.1 Å². The SMILES string of the molecule is CCOC(=O)N=S(C)(=O)c1ccc(Nc2ncc(-c3ccc(NC(=O)Cc4ccncc4)cc3)c(NC(C)CO)n2)cc1. The van der Waals surface area contributed by atoms with Gasteiger partial charge in [-0.15, -0.1) is 4.36 Å². The minimum Gasteiger partial charge on any atom is -0.448 e. The topological polar surface area (TPSA) is 168 Å². The van der Waals surface area contributed by atoms with Crippen LogP contribution in [-0.2, 0) is 25.7 Å². The minimum absolute atomic E-state index is 0.108. The number of pyridine rings is 1. The Hall–Kier alpha value is -4.88. The van der Waals surface area contributed by atoms with E-state index in [2.05, 4.69) is 35.3 Å². The third kappa shape index (κ3) is 8.80. The average molecular weight is 604 g/mol. The summed E-state index contributed by atoms with van der Waals surface area (Å²) in [7, 11) is -2.97. The summed E-state index contributed by atoms with van der Waals surface area (Å²) in [6, 6.07) is 17.2. The van der Waals surface area contributed by atoms with Gasteiger partial charge in [-0.25, -0.2) is 14.0 Å². The van der Waals surface area contributed by atoms with Crippen molar-refractivity contribution in [1.82, 2.24) is 15.0 Å². The second-order valence-electron chi connectivity index (χ2n) is 9.58. The second kappa shape index (κ2) is 14.3. The number of hydrogen-bond acceptors (Lipinski definition) is 10. The molecule has 4 aromatic rings. The first kappa shape index (κ1) is 31.1. The van der Waals surface area contributed by atoms with Gasteiger partial charge in [0, 0.05) is 52.7 Å². The zero-order chi connectivity index (χ0) is 30.8. The standard InChI is InChI=1S/C30H33N7O5S/c1-4-42-30(40)37-43(3,41)25-11-9-24(10-12-25)35-29-32-18-26(28(36-29)33-20(2)19-38)22-5-7-23(8-6-22)34-27(39)17-21-13-15-31-16-14-21/h5-16,18,20,38H,4,17,19H2,1-3H3,(H,34,39)(H2,32,33,35,36). The first-order valence-electron chi connectivity index (χ1n) is 13.5. The van der Waals surface area contributed by atoms with Gasteiger partial charge < -0.3 is 25.8 Å². The molecule has 43 heavy (non-hydrogen) atoms. The molecule has 13 heteroatoms. The van der Waals surface area contributed by atoms with Crippen molar-refractivity contribution in [3.8, 4) is 11.1 Å². The van der Waals surface area contributed by atoms with Crippen molar-refractivity contribution in [2.24, 2.45) is 4.36 Å². The number of aliphatic hydroxyl groups excluding tert-OH is 1. The van der Waals surface area contributed by atoms with Crippen LogP contribution in [0.3, 0.4) is 0 Å². The van der Waals surface area contributed by atoms with Crippen molar-refractivity contribution in [3.63, 3.8) is 0 Å². The number of carbonyl (C=O) groups is 2. The van der Waals surface area contributed by atoms with Gasteiger partial charge in [0.15, 0.2) is 0 Å². The largest absolute Gasteiger partial charge is 0.448 e. The molecule has 4 N–H and O–H groups in total. The fraction of sp³-hybridized carbons (Fsp3) is 0.233. The normalized spacial score (nSPS) is 12.8. The predicted octanol–water partition coefficient (Wildman–Crippen LogP) is 4.87. The Labute approximate surface area is 250 Å². The van der Waals surface area contributed by atoms with Crippen LogP contribution < -0.4 is 16.0 Å². The summed E-state index contributed by atoms with van der Waals surface area (Å²) < 4.78 is 21.3. The van der Waals surface area contributed by atoms with E-state index in [1.54, 1.807) is 74.0 Å². The van der Waals surface area contributed by atoms with Crippen LogP contribution >= 0.6 is 0 Å². The number of hydrogen-bond donors (Lipinski definition) is 4. The Bertz CT molecular complexity index is 1670. The van der Waals surface area contributed by atoms with E-state index >= 15 is 0 Å². The van der Waals surface area contributed by atoms with Crippen molar-refractivity contribution in [2.75, 3.05) is 35.4 Å². The highest BCUT2D eigenvalue weighted by Crippen LogP contribution is 2.29. The molecule has 0 saturated heterocycles. The van der Waals surface area contributed by atoms with E-state index in [-0.39, 0.29) is 37.5 Å². The number of anilines is 4. The first-order chi connectivity index (χ1) is 20.7. The third-order valence-electron chi connectivity index (χ3n) is 6.10. The molecule has 0 bridgehead atoms. The number of aliphatic hydroxyl groups is 1. The molecular weight excluding hydrogens is 570 g/mol. The molecular formula is C30H33N7O5S. The lowest BCUT2D eigenvalue weighted by molar-refractivity contribution is -0.115. The van der Waals surface area contributed by atoms with Gasteiger partial charge in [-0.1, -0.05) is 12.1 Å². The van der Waals surface area contributed by atoms with E-state index < -0.39 is 15.8 Å². The number of nitrogens with one attached hydrogen (secondary N) is 3. The number of benzene rings is 2. The predicted molar refractivity (Wildman–Crippen MR) is 166 cm³/mol. The minimum atomic E-state index is -2.97. The summed E-state index contributed by atoms with van der Waals surface area (Å²) in [4.78, 5) is 37.5. The maximum absolute atomic E-state index is 12.9. The van der Waals surface area contributed by atoms with Crippen LogP contribution in [0.15, 0.2) is 88.5 Å². The van der Waals surface area contributed by atoms with Gasteiger partial charge >= 0.3 is 6.09 Å². The summed E-state index contributed by atoms with van der Waals surface area (Å²) in [5.74, 6) is 0.645. The number of rotatable bonds is 11. The van der Waals surface area contributed by atoms with E-state index in [1.165, 1.54) is 6.26 Å². The zero-order valence-electron chi connectivity index (χ0n) is 24.0. The maximum atomic E-state index is 12.9. The van der Waals surface area contributed by atoms with Crippen LogP contribution in [0.1, 0.15) is 19.4 Å². The van der Waals surface area contributed by atoms with Crippen LogP contribution in [0.25, 0.3) is 11.1 Å². The molecule has 4 rings (SSSR count). The zero-order valence-corrected chi connectivity index (χ0v) is 24.8. The van der Waals surface area contributed by atoms with Gasteiger partial charge in [-0.05, 0) is 73.5 Å². The smallest absolute Gasteiger partial charge is 0.442 e. The molecule has 2 aromatic heterocycles. The highest BCUT2D eigenvalue weighted by Gasteiger charge is 2.14. The number of aromatic nitrogens is 3. The van der Waals surface area contributed by atoms with Crippen LogP contribution in [0.4, 0.5) is 27.9 Å². The third-order valence-corrected chi connectivity index (χ3v) is 7.75. The van der Waals surface area contributed by atoms with Gasteiger partial charge in [0.25, 0.3) is 0 Å². The Morgan fingerprint density at radius 3 is 2.35 bits per heavy atom. The van der Waals surface area contributed by atoms with Gasteiger partial charge in [0.2, 0.25) is 11.9 Å². The van der Waals surface area contributed by atoms with Gasteiger partial charge in [0.1, 0.15) is 5.82 Å². The first-order valence-corrected chi connectivity index (χ1v) is 15.4.